The van der Waals surface area contributed by atoms with E-state index in [9.17, 15) is 4.79 Å². The topological polar surface area (TPSA) is 43.1 Å². The smallest absolute Gasteiger partial charge is 0.193 e. The molecule has 0 atom stereocenters. The summed E-state index contributed by atoms with van der Waals surface area (Å²) in [6.07, 6.45) is 0. The van der Waals surface area contributed by atoms with Crippen molar-refractivity contribution in [3.63, 3.8) is 0 Å². The summed E-state index contributed by atoms with van der Waals surface area (Å²) < 4.78 is 0. The maximum Gasteiger partial charge on any atom is 0.193 e. The van der Waals surface area contributed by atoms with Crippen molar-refractivity contribution < 1.29 is 4.79 Å². The summed E-state index contributed by atoms with van der Waals surface area (Å²) in [6, 6.07) is 14.6. The molecule has 0 radical (unpaired) electrons. The number of benzene rings is 2. The second-order valence-electron chi connectivity index (χ2n) is 3.77. The number of ketones is 1. The Balaban J connectivity index is 2.46. The molecule has 0 heterocycles. The fraction of sp³-hybridized carbons (Fsp3) is 0.0714. The van der Waals surface area contributed by atoms with Crippen LogP contribution < -0.4 is 5.73 Å². The summed E-state index contributed by atoms with van der Waals surface area (Å²) in [5, 5.41) is 0. The first kappa shape index (κ1) is 10.4. The first-order valence-corrected chi connectivity index (χ1v) is 5.14. The largest absolute Gasteiger partial charge is 0.399 e. The molecule has 2 aromatic rings. The van der Waals surface area contributed by atoms with Gasteiger partial charge in [0.15, 0.2) is 5.78 Å². The monoisotopic (exact) mass is 211 g/mol. The maximum absolute atomic E-state index is 12.2. The average Bonchev–Trinajstić information content (AvgIpc) is 2.32. The number of hydrogen-bond acceptors (Lipinski definition) is 2. The number of hydrogen-bond donors (Lipinski definition) is 1. The Morgan fingerprint density at radius 2 is 1.75 bits per heavy atom. The van der Waals surface area contributed by atoms with Crippen LogP contribution in [0.25, 0.3) is 0 Å². The van der Waals surface area contributed by atoms with E-state index in [4.69, 9.17) is 5.73 Å². The predicted molar refractivity (Wildman–Crippen MR) is 65.5 cm³/mol. The van der Waals surface area contributed by atoms with Crippen molar-refractivity contribution in [2.24, 2.45) is 0 Å². The van der Waals surface area contributed by atoms with Crippen LogP contribution in [0.15, 0.2) is 48.5 Å². The van der Waals surface area contributed by atoms with Gasteiger partial charge in [-0.1, -0.05) is 36.4 Å². The van der Waals surface area contributed by atoms with Crippen LogP contribution in [0.2, 0.25) is 0 Å². The van der Waals surface area contributed by atoms with Gasteiger partial charge in [0.1, 0.15) is 0 Å². The van der Waals surface area contributed by atoms with Crippen LogP contribution in [0.3, 0.4) is 0 Å². The molecule has 80 valence electrons. The Labute approximate surface area is 94.7 Å². The number of rotatable bonds is 2. The first-order valence-electron chi connectivity index (χ1n) is 5.14. The molecule has 2 nitrogen and oxygen atoms in total. The van der Waals surface area contributed by atoms with Gasteiger partial charge in [-0.15, -0.1) is 0 Å². The van der Waals surface area contributed by atoms with Crippen LogP contribution in [0, 0.1) is 6.92 Å². The minimum atomic E-state index is 0.0189. The second-order valence-corrected chi connectivity index (χ2v) is 3.77. The molecule has 0 saturated carbocycles. The van der Waals surface area contributed by atoms with Crippen molar-refractivity contribution in [2.45, 2.75) is 6.92 Å². The first-order chi connectivity index (χ1) is 7.68. The fourth-order valence-electron chi connectivity index (χ4n) is 1.63. The Bertz CT molecular complexity index is 518. The van der Waals surface area contributed by atoms with Crippen molar-refractivity contribution in [1.82, 2.24) is 0 Å². The van der Waals surface area contributed by atoms with Crippen molar-refractivity contribution in [3.8, 4) is 0 Å². The third kappa shape index (κ3) is 1.96. The molecule has 0 amide bonds. The number of anilines is 1. The molecule has 0 saturated heterocycles. The maximum atomic E-state index is 12.2. The van der Waals surface area contributed by atoms with Gasteiger partial charge in [-0.25, -0.2) is 0 Å². The Morgan fingerprint density at radius 1 is 1.06 bits per heavy atom. The molecule has 2 N–H and O–H groups in total. The van der Waals surface area contributed by atoms with Crippen molar-refractivity contribution in [1.29, 1.82) is 0 Å². The predicted octanol–water partition coefficient (Wildman–Crippen LogP) is 2.81. The van der Waals surface area contributed by atoms with E-state index in [1.165, 1.54) is 0 Å². The molecule has 16 heavy (non-hydrogen) atoms. The van der Waals surface area contributed by atoms with Crippen molar-refractivity contribution in [3.05, 3.63) is 65.2 Å². The van der Waals surface area contributed by atoms with Gasteiger partial charge in [0.05, 0.1) is 0 Å². The van der Waals surface area contributed by atoms with Gasteiger partial charge < -0.3 is 5.73 Å². The molecule has 0 bridgehead atoms. The Morgan fingerprint density at radius 3 is 2.44 bits per heavy atom. The molecule has 0 spiro atoms. The molecule has 0 aromatic heterocycles. The molecule has 2 rings (SSSR count). The van der Waals surface area contributed by atoms with Crippen LogP contribution >= 0.6 is 0 Å². The lowest BCUT2D eigenvalue weighted by Gasteiger charge is -2.05. The minimum Gasteiger partial charge on any atom is -0.399 e. The Kier molecular flexibility index (Phi) is 2.73. The number of carbonyl (C=O) groups excluding carboxylic acids is 1. The van der Waals surface area contributed by atoms with Crippen molar-refractivity contribution in [2.75, 3.05) is 5.73 Å². The molecule has 0 unspecified atom stereocenters. The van der Waals surface area contributed by atoms with Gasteiger partial charge in [0.25, 0.3) is 0 Å². The zero-order chi connectivity index (χ0) is 11.5. The standard InChI is InChI=1S/C14H13NO/c1-10-7-8-12(15)9-13(10)14(16)11-5-3-2-4-6-11/h2-9H,15H2,1H3. The number of aryl methyl sites for hydroxylation is 1. The third-order valence-corrected chi connectivity index (χ3v) is 2.54. The van der Waals surface area contributed by atoms with Gasteiger partial charge in [-0.2, -0.15) is 0 Å². The fourth-order valence-corrected chi connectivity index (χ4v) is 1.63. The summed E-state index contributed by atoms with van der Waals surface area (Å²) in [7, 11) is 0. The summed E-state index contributed by atoms with van der Waals surface area (Å²) in [6.45, 7) is 1.91. The lowest BCUT2D eigenvalue weighted by molar-refractivity contribution is 0.103. The van der Waals surface area contributed by atoms with Crippen molar-refractivity contribution >= 4 is 11.5 Å². The van der Waals surface area contributed by atoms with E-state index in [0.717, 1.165) is 5.56 Å². The van der Waals surface area contributed by atoms with E-state index in [-0.39, 0.29) is 5.78 Å². The second kappa shape index (κ2) is 4.19. The zero-order valence-electron chi connectivity index (χ0n) is 9.10. The minimum absolute atomic E-state index is 0.0189. The van der Waals surface area contributed by atoms with Crippen LogP contribution in [0.1, 0.15) is 21.5 Å². The molecule has 2 heteroatoms. The van der Waals surface area contributed by atoms with Crippen LogP contribution in [0.4, 0.5) is 5.69 Å². The van der Waals surface area contributed by atoms with E-state index >= 15 is 0 Å². The lowest BCUT2D eigenvalue weighted by atomic mass is 9.99. The highest BCUT2D eigenvalue weighted by Gasteiger charge is 2.11. The van der Waals surface area contributed by atoms with E-state index < -0.39 is 0 Å². The summed E-state index contributed by atoms with van der Waals surface area (Å²) >= 11 is 0. The van der Waals surface area contributed by atoms with E-state index in [1.807, 2.05) is 43.3 Å². The number of carbonyl (C=O) groups is 1. The lowest BCUT2D eigenvalue weighted by Crippen LogP contribution is -2.04. The molecule has 0 aliphatic rings. The summed E-state index contributed by atoms with van der Waals surface area (Å²) in [5.74, 6) is 0.0189. The van der Waals surface area contributed by atoms with Gasteiger partial charge in [0.2, 0.25) is 0 Å². The highest BCUT2D eigenvalue weighted by Crippen LogP contribution is 2.16. The SMILES string of the molecule is Cc1ccc(N)cc1C(=O)c1ccccc1. The van der Waals surface area contributed by atoms with Crippen LogP contribution in [-0.4, -0.2) is 5.78 Å². The summed E-state index contributed by atoms with van der Waals surface area (Å²) in [4.78, 5) is 12.2. The van der Waals surface area contributed by atoms with Crippen LogP contribution in [0.5, 0.6) is 0 Å². The quantitative estimate of drug-likeness (QED) is 0.613. The molecule has 0 aliphatic heterocycles. The van der Waals surface area contributed by atoms with Crippen LogP contribution in [-0.2, 0) is 0 Å². The zero-order valence-corrected chi connectivity index (χ0v) is 9.10. The Hall–Kier alpha value is -2.09. The average molecular weight is 211 g/mol. The van der Waals surface area contributed by atoms with Gasteiger partial charge >= 0.3 is 0 Å². The summed E-state index contributed by atoms with van der Waals surface area (Å²) in [5.41, 5.74) is 8.62. The highest BCUT2D eigenvalue weighted by molar-refractivity contribution is 6.10. The normalized spacial score (nSPS) is 10.1. The number of nitrogen functional groups attached to an aromatic ring is 1. The van der Waals surface area contributed by atoms with E-state index in [1.54, 1.807) is 12.1 Å². The molecule has 0 aliphatic carbocycles. The van der Waals surface area contributed by atoms with Gasteiger partial charge in [0, 0.05) is 16.8 Å². The molecule has 2 aromatic carbocycles. The van der Waals surface area contributed by atoms with Gasteiger partial charge in [-0.3, -0.25) is 4.79 Å². The van der Waals surface area contributed by atoms with E-state index in [2.05, 4.69) is 0 Å². The molecule has 0 fully saturated rings. The number of nitrogens with two attached hydrogens (primary N) is 1. The highest BCUT2D eigenvalue weighted by atomic mass is 16.1. The molecular weight excluding hydrogens is 198 g/mol. The van der Waals surface area contributed by atoms with Gasteiger partial charge in [-0.05, 0) is 24.6 Å². The van der Waals surface area contributed by atoms with E-state index in [0.29, 0.717) is 16.8 Å². The molecular formula is C14H13NO. The third-order valence-electron chi connectivity index (χ3n) is 2.54.